The van der Waals surface area contributed by atoms with E-state index in [1.807, 2.05) is 25.2 Å². The molecule has 0 bridgehead atoms. The van der Waals surface area contributed by atoms with Gasteiger partial charge in [-0.1, -0.05) is 41.5 Å². The highest BCUT2D eigenvalue weighted by Crippen LogP contribution is 2.15. The molecular formula is C22H37F6N7O5. The number of ether oxygens (including phenoxy) is 2. The third-order valence-electron chi connectivity index (χ3n) is 4.28. The second-order valence-electron chi connectivity index (χ2n) is 8.97. The molecule has 0 saturated carbocycles. The van der Waals surface area contributed by atoms with E-state index in [-0.39, 0.29) is 30.3 Å². The van der Waals surface area contributed by atoms with Crippen molar-refractivity contribution in [1.82, 2.24) is 16.0 Å². The Hall–Kier alpha value is -3.67. The van der Waals surface area contributed by atoms with Crippen LogP contribution in [0.5, 0.6) is 0 Å². The molecule has 12 nitrogen and oxygen atoms in total. The molecule has 7 N–H and O–H groups in total. The molecule has 40 heavy (non-hydrogen) atoms. The van der Waals surface area contributed by atoms with Crippen molar-refractivity contribution in [3.8, 4) is 12.1 Å². The van der Waals surface area contributed by atoms with Crippen molar-refractivity contribution in [2.24, 2.45) is 29.2 Å². The van der Waals surface area contributed by atoms with Crippen LogP contribution in [-0.2, 0) is 9.47 Å². The van der Waals surface area contributed by atoms with Crippen LogP contribution >= 0.6 is 0 Å². The van der Waals surface area contributed by atoms with Gasteiger partial charge in [-0.15, -0.1) is 0 Å². The molecule has 0 aliphatic heterocycles. The number of carbonyl (C=O) groups excluding carboxylic acids is 3. The minimum Gasteiger partial charge on any atom is -0.440 e. The molecule has 0 fully saturated rings. The number of alkyl halides is 6. The van der Waals surface area contributed by atoms with E-state index in [0.717, 1.165) is 0 Å². The van der Waals surface area contributed by atoms with E-state index >= 15 is 0 Å². The summed E-state index contributed by atoms with van der Waals surface area (Å²) in [4.78, 5) is 31.9. The third-order valence-corrected chi connectivity index (χ3v) is 4.28. The largest absolute Gasteiger partial charge is 0.440 e. The summed E-state index contributed by atoms with van der Waals surface area (Å²) in [5, 5.41) is 23.5. The summed E-state index contributed by atoms with van der Waals surface area (Å²) >= 11 is 0. The van der Waals surface area contributed by atoms with Gasteiger partial charge in [0.15, 0.2) is 13.2 Å². The van der Waals surface area contributed by atoms with E-state index < -0.39 is 55.9 Å². The maximum absolute atomic E-state index is 11.7. The number of urea groups is 1. The van der Waals surface area contributed by atoms with Crippen LogP contribution in [0, 0.1) is 40.4 Å². The maximum atomic E-state index is 11.7. The maximum Gasteiger partial charge on any atom is 0.422 e. The Kier molecular flexibility index (Phi) is 20.7. The van der Waals surface area contributed by atoms with Crippen molar-refractivity contribution >= 4 is 18.2 Å². The van der Waals surface area contributed by atoms with Gasteiger partial charge in [-0.2, -0.15) is 36.9 Å². The molecule has 0 unspecified atom stereocenters. The quantitative estimate of drug-likeness (QED) is 0.250. The van der Waals surface area contributed by atoms with Crippen molar-refractivity contribution in [2.75, 3.05) is 19.8 Å². The molecule has 18 heteroatoms. The summed E-state index contributed by atoms with van der Waals surface area (Å²) in [6.45, 7) is 7.47. The molecular weight excluding hydrogens is 556 g/mol. The molecule has 0 spiro atoms. The molecule has 0 aliphatic carbocycles. The number of hydrogen-bond acceptors (Lipinski definition) is 8. The van der Waals surface area contributed by atoms with Crippen LogP contribution in [-0.4, -0.2) is 68.5 Å². The lowest BCUT2D eigenvalue weighted by molar-refractivity contribution is -0.160. The van der Waals surface area contributed by atoms with E-state index in [1.165, 1.54) is 0 Å². The minimum atomic E-state index is -4.56. The van der Waals surface area contributed by atoms with Crippen LogP contribution in [0.3, 0.4) is 0 Å². The molecule has 4 amide bonds. The van der Waals surface area contributed by atoms with Crippen LogP contribution in [0.25, 0.3) is 0 Å². The molecule has 0 heterocycles. The number of nitriles is 2. The lowest BCUT2D eigenvalue weighted by Crippen LogP contribution is -2.44. The fraction of sp³-hybridized carbons (Fsp3) is 0.773. The zero-order chi connectivity index (χ0) is 32.3. The van der Waals surface area contributed by atoms with Gasteiger partial charge in [-0.25, -0.2) is 14.4 Å². The Labute approximate surface area is 228 Å². The number of nitrogens with zero attached hydrogens (tertiary/aromatic N) is 2. The van der Waals surface area contributed by atoms with Crippen LogP contribution in [0.4, 0.5) is 40.7 Å². The molecule has 0 saturated heterocycles. The van der Waals surface area contributed by atoms with Gasteiger partial charge in [-0.05, 0) is 17.8 Å². The fourth-order valence-electron chi connectivity index (χ4n) is 2.00. The lowest BCUT2D eigenvalue weighted by Gasteiger charge is -2.20. The van der Waals surface area contributed by atoms with Crippen molar-refractivity contribution in [1.29, 1.82) is 10.5 Å². The highest BCUT2D eigenvalue weighted by Gasteiger charge is 2.31. The highest BCUT2D eigenvalue weighted by atomic mass is 19.4. The molecule has 232 valence electrons. The number of carbonyl (C=O) groups is 3. The van der Waals surface area contributed by atoms with E-state index in [1.54, 1.807) is 33.8 Å². The molecule has 0 aromatic heterocycles. The first-order chi connectivity index (χ1) is 18.1. The number of hydrogen-bond donors (Lipinski definition) is 5. The van der Waals surface area contributed by atoms with Gasteiger partial charge < -0.3 is 36.9 Å². The van der Waals surface area contributed by atoms with Gasteiger partial charge in [-0.3, -0.25) is 0 Å². The number of nitrogens with one attached hydrogen (secondary N) is 3. The summed E-state index contributed by atoms with van der Waals surface area (Å²) < 4.78 is 77.7. The predicted molar refractivity (Wildman–Crippen MR) is 130 cm³/mol. The van der Waals surface area contributed by atoms with E-state index in [4.69, 9.17) is 22.0 Å². The Balaban J connectivity index is -0.000000525. The van der Waals surface area contributed by atoms with Crippen LogP contribution in [0.2, 0.25) is 0 Å². The van der Waals surface area contributed by atoms with Gasteiger partial charge in [0, 0.05) is 12.6 Å². The Morgan fingerprint density at radius 3 is 1.30 bits per heavy atom. The fourth-order valence-corrected chi connectivity index (χ4v) is 2.00. The van der Waals surface area contributed by atoms with Crippen LogP contribution in [0.15, 0.2) is 0 Å². The summed E-state index contributed by atoms with van der Waals surface area (Å²) in [6.07, 6.45) is -11.4. The van der Waals surface area contributed by atoms with Gasteiger partial charge in [0.1, 0.15) is 12.1 Å². The first-order valence-corrected chi connectivity index (χ1v) is 11.6. The number of halogens is 6. The Morgan fingerprint density at radius 2 is 1.07 bits per heavy atom. The summed E-state index contributed by atoms with van der Waals surface area (Å²) in [7, 11) is 0. The first-order valence-electron chi connectivity index (χ1n) is 11.6. The number of alkyl carbamates (subject to hydrolysis) is 2. The van der Waals surface area contributed by atoms with Crippen LogP contribution < -0.4 is 27.4 Å². The lowest BCUT2D eigenvalue weighted by atomic mass is 10.1. The standard InChI is InChI=1S/C8H15F3N2O2.C8H11F3N2O2.C6H11N3O/c2*1-5(2)6(3-12)13-7(14)15-4-8(9,10)11;1-4(2)5(3-7)9-6(8)10/h5-6H,3-4,12H2,1-2H3,(H,13,14);5-6H,4H2,1-2H3,(H,13,14);4-5H,1-2H3,(H3,8,9,10)/t2*6-;5-/m111/s1. The number of rotatable bonds is 9. The van der Waals surface area contributed by atoms with Gasteiger partial charge >= 0.3 is 30.6 Å². The molecule has 0 radical (unpaired) electrons. The number of primary amides is 1. The zero-order valence-corrected chi connectivity index (χ0v) is 22.9. The van der Waals surface area contributed by atoms with E-state index in [2.05, 4.69) is 20.1 Å². The SMILES string of the molecule is CC(C)[C@@H](C#N)NC(=O)OCC(F)(F)F.CC(C)[C@@H](C#N)NC(N)=O.CC(C)[C@@H](CN)NC(=O)OCC(F)(F)F. The van der Waals surface area contributed by atoms with Crippen molar-refractivity contribution in [2.45, 2.75) is 72.0 Å². The molecule has 0 aromatic carbocycles. The average molecular weight is 594 g/mol. The average Bonchev–Trinajstić information content (AvgIpc) is 2.80. The Morgan fingerprint density at radius 1 is 0.725 bits per heavy atom. The minimum absolute atomic E-state index is 0.0356. The summed E-state index contributed by atoms with van der Waals surface area (Å²) in [5.41, 5.74) is 10.1. The summed E-state index contributed by atoms with van der Waals surface area (Å²) in [6, 6.07) is 1.29. The predicted octanol–water partition coefficient (Wildman–Crippen LogP) is 3.28. The summed E-state index contributed by atoms with van der Waals surface area (Å²) in [5.74, 6) is -0.0700. The van der Waals surface area contributed by atoms with E-state index in [9.17, 15) is 40.7 Å². The monoisotopic (exact) mass is 593 g/mol. The van der Waals surface area contributed by atoms with E-state index in [0.29, 0.717) is 0 Å². The van der Waals surface area contributed by atoms with Gasteiger partial charge in [0.2, 0.25) is 0 Å². The highest BCUT2D eigenvalue weighted by molar-refractivity contribution is 5.72. The second kappa shape index (κ2) is 20.3. The van der Waals surface area contributed by atoms with Gasteiger partial charge in [0.25, 0.3) is 0 Å². The molecule has 0 aliphatic rings. The Bertz CT molecular complexity index is 840. The van der Waals surface area contributed by atoms with Gasteiger partial charge in [0.05, 0.1) is 12.1 Å². The van der Waals surface area contributed by atoms with Crippen molar-refractivity contribution in [3.05, 3.63) is 0 Å². The third kappa shape index (κ3) is 26.0. The molecule has 0 aromatic rings. The number of nitrogens with two attached hydrogens (primary N) is 2. The smallest absolute Gasteiger partial charge is 0.422 e. The first kappa shape index (κ1) is 40.8. The van der Waals surface area contributed by atoms with Crippen molar-refractivity contribution in [3.63, 3.8) is 0 Å². The molecule has 3 atom stereocenters. The number of amides is 4. The van der Waals surface area contributed by atoms with Crippen LogP contribution in [0.1, 0.15) is 41.5 Å². The van der Waals surface area contributed by atoms with Crippen molar-refractivity contribution < 1.29 is 50.2 Å². The normalized spacial score (nSPS) is 13.2. The zero-order valence-electron chi connectivity index (χ0n) is 22.9. The molecule has 0 rings (SSSR count). The second-order valence-corrected chi connectivity index (χ2v) is 8.97. The topological polar surface area (TPSA) is 205 Å².